The maximum absolute atomic E-state index is 12.4. The number of amides is 2. The Morgan fingerprint density at radius 2 is 1.92 bits per heavy atom. The van der Waals surface area contributed by atoms with Crippen molar-refractivity contribution in [3.63, 3.8) is 0 Å². The fourth-order valence-electron chi connectivity index (χ4n) is 3.33. The number of carbonyl (C=O) groups excluding carboxylic acids is 2. The number of primary amides is 1. The highest BCUT2D eigenvalue weighted by atomic mass is 35.5. The predicted molar refractivity (Wildman–Crippen MR) is 94.3 cm³/mol. The molecular formula is C17H24ClN3O3. The average Bonchev–Trinajstić information content (AvgIpc) is 3.23. The van der Waals surface area contributed by atoms with Crippen LogP contribution < -0.4 is 21.1 Å². The summed E-state index contributed by atoms with van der Waals surface area (Å²) in [6, 6.07) is 7.19. The second-order valence-corrected chi connectivity index (χ2v) is 6.45. The summed E-state index contributed by atoms with van der Waals surface area (Å²) >= 11 is 0. The van der Waals surface area contributed by atoms with Crippen molar-refractivity contribution in [1.82, 2.24) is 5.32 Å². The summed E-state index contributed by atoms with van der Waals surface area (Å²) in [5.41, 5.74) is 6.07. The van der Waals surface area contributed by atoms with Crippen molar-refractivity contribution in [3.05, 3.63) is 24.3 Å². The van der Waals surface area contributed by atoms with E-state index in [1.165, 1.54) is 0 Å². The number of nitrogens with two attached hydrogens (primary N) is 1. The molecule has 7 heteroatoms. The SMILES string of the molecule is Cl.NC(=O)CCOc1ccc(NC(=O)C2CC23CCNCC3)cc1. The molecule has 1 heterocycles. The largest absolute Gasteiger partial charge is 0.493 e. The molecule has 132 valence electrons. The Kier molecular flexibility index (Phi) is 6.07. The van der Waals surface area contributed by atoms with Gasteiger partial charge in [0.1, 0.15) is 5.75 Å². The van der Waals surface area contributed by atoms with Crippen molar-refractivity contribution in [1.29, 1.82) is 0 Å². The van der Waals surface area contributed by atoms with E-state index in [1.807, 2.05) is 12.1 Å². The molecule has 1 saturated carbocycles. The number of halogens is 1. The zero-order valence-corrected chi connectivity index (χ0v) is 14.4. The molecule has 1 saturated heterocycles. The third kappa shape index (κ3) is 4.39. The molecule has 0 radical (unpaired) electrons. The summed E-state index contributed by atoms with van der Waals surface area (Å²) in [5, 5.41) is 6.33. The van der Waals surface area contributed by atoms with Crippen molar-refractivity contribution in [2.24, 2.45) is 17.1 Å². The lowest BCUT2D eigenvalue weighted by atomic mass is 9.92. The molecule has 2 amide bonds. The van der Waals surface area contributed by atoms with E-state index in [2.05, 4.69) is 10.6 Å². The summed E-state index contributed by atoms with van der Waals surface area (Å²) < 4.78 is 5.41. The fraction of sp³-hybridized carbons (Fsp3) is 0.529. The summed E-state index contributed by atoms with van der Waals surface area (Å²) in [4.78, 5) is 23.0. The number of hydrogen-bond donors (Lipinski definition) is 3. The van der Waals surface area contributed by atoms with Crippen LogP contribution in [0, 0.1) is 11.3 Å². The normalized spacial score (nSPS) is 20.8. The Morgan fingerprint density at radius 1 is 1.25 bits per heavy atom. The van der Waals surface area contributed by atoms with Crippen LogP contribution in [0.3, 0.4) is 0 Å². The van der Waals surface area contributed by atoms with Gasteiger partial charge in [0.25, 0.3) is 0 Å². The molecule has 1 aromatic rings. The van der Waals surface area contributed by atoms with E-state index in [0.717, 1.165) is 38.0 Å². The first-order chi connectivity index (χ1) is 11.1. The highest BCUT2D eigenvalue weighted by Gasteiger charge is 2.57. The second-order valence-electron chi connectivity index (χ2n) is 6.45. The Bertz CT molecular complexity index is 585. The number of hydrogen-bond acceptors (Lipinski definition) is 4. The third-order valence-electron chi connectivity index (χ3n) is 4.84. The van der Waals surface area contributed by atoms with Gasteiger partial charge in [-0.05, 0) is 62.0 Å². The molecule has 4 N–H and O–H groups in total. The van der Waals surface area contributed by atoms with E-state index >= 15 is 0 Å². The van der Waals surface area contributed by atoms with Crippen LogP contribution in [0.5, 0.6) is 5.75 Å². The molecule has 3 rings (SSSR count). The molecule has 0 bridgehead atoms. The standard InChI is InChI=1S/C17H23N3O3.ClH/c18-15(21)5-10-23-13-3-1-12(2-4-13)20-16(22)14-11-17(14)6-8-19-9-7-17;/h1-4,14,19H,5-11H2,(H2,18,21)(H,20,22);1H. The molecule has 1 atom stereocenters. The van der Waals surface area contributed by atoms with Crippen molar-refractivity contribution in [3.8, 4) is 5.75 Å². The van der Waals surface area contributed by atoms with Crippen molar-refractivity contribution in [2.75, 3.05) is 25.0 Å². The quantitative estimate of drug-likeness (QED) is 0.725. The van der Waals surface area contributed by atoms with Crippen LogP contribution in [0.25, 0.3) is 0 Å². The van der Waals surface area contributed by atoms with E-state index in [0.29, 0.717) is 5.75 Å². The van der Waals surface area contributed by atoms with Gasteiger partial charge in [0.15, 0.2) is 0 Å². The highest BCUT2D eigenvalue weighted by Crippen LogP contribution is 2.58. The smallest absolute Gasteiger partial charge is 0.228 e. The summed E-state index contributed by atoms with van der Waals surface area (Å²) in [5.74, 6) is 0.543. The van der Waals surface area contributed by atoms with Crippen molar-refractivity contribution < 1.29 is 14.3 Å². The molecule has 1 aliphatic heterocycles. The third-order valence-corrected chi connectivity index (χ3v) is 4.84. The Hall–Kier alpha value is -1.79. The number of nitrogens with one attached hydrogen (secondary N) is 2. The molecule has 1 unspecified atom stereocenters. The van der Waals surface area contributed by atoms with Gasteiger partial charge in [0.05, 0.1) is 13.0 Å². The van der Waals surface area contributed by atoms with Crippen LogP contribution in [0.1, 0.15) is 25.7 Å². The fourth-order valence-corrected chi connectivity index (χ4v) is 3.33. The van der Waals surface area contributed by atoms with Crippen LogP contribution in [0.2, 0.25) is 0 Å². The Morgan fingerprint density at radius 3 is 2.54 bits per heavy atom. The topological polar surface area (TPSA) is 93.5 Å². The molecule has 2 aliphatic rings. The number of benzene rings is 1. The first-order valence-electron chi connectivity index (χ1n) is 8.12. The maximum Gasteiger partial charge on any atom is 0.228 e. The maximum atomic E-state index is 12.4. The number of anilines is 1. The number of ether oxygens (including phenoxy) is 1. The monoisotopic (exact) mass is 353 g/mol. The lowest BCUT2D eigenvalue weighted by molar-refractivity contribution is -0.119. The number of carbonyl (C=O) groups is 2. The van der Waals surface area contributed by atoms with Gasteiger partial charge in [0.2, 0.25) is 11.8 Å². The first kappa shape index (κ1) is 18.5. The molecule has 1 aromatic carbocycles. The van der Waals surface area contributed by atoms with Crippen LogP contribution in [-0.4, -0.2) is 31.5 Å². The minimum atomic E-state index is -0.384. The lowest BCUT2D eigenvalue weighted by Gasteiger charge is -2.23. The van der Waals surface area contributed by atoms with Gasteiger partial charge in [0, 0.05) is 11.6 Å². The summed E-state index contributed by atoms with van der Waals surface area (Å²) in [7, 11) is 0. The molecular weight excluding hydrogens is 330 g/mol. The van der Waals surface area contributed by atoms with Gasteiger partial charge < -0.3 is 21.1 Å². The molecule has 24 heavy (non-hydrogen) atoms. The van der Waals surface area contributed by atoms with Crippen LogP contribution in [0.4, 0.5) is 5.69 Å². The Balaban J connectivity index is 0.00000208. The lowest BCUT2D eigenvalue weighted by Crippen LogP contribution is -2.31. The zero-order chi connectivity index (χ0) is 16.3. The number of rotatable bonds is 6. The predicted octanol–water partition coefficient (Wildman–Crippen LogP) is 1.69. The second kappa shape index (κ2) is 7.85. The van der Waals surface area contributed by atoms with Gasteiger partial charge in [-0.1, -0.05) is 0 Å². The summed E-state index contributed by atoms with van der Waals surface area (Å²) in [6.45, 7) is 2.29. The van der Waals surface area contributed by atoms with Crippen molar-refractivity contribution in [2.45, 2.75) is 25.7 Å². The molecule has 1 aliphatic carbocycles. The van der Waals surface area contributed by atoms with Crippen molar-refractivity contribution >= 4 is 29.9 Å². The number of piperidine rings is 1. The molecule has 6 nitrogen and oxygen atoms in total. The Labute approximate surface area is 147 Å². The van der Waals surface area contributed by atoms with Gasteiger partial charge in [-0.2, -0.15) is 0 Å². The minimum Gasteiger partial charge on any atom is -0.493 e. The van der Waals surface area contributed by atoms with E-state index in [1.54, 1.807) is 12.1 Å². The average molecular weight is 354 g/mol. The van der Waals surface area contributed by atoms with E-state index in [-0.39, 0.29) is 48.6 Å². The van der Waals surface area contributed by atoms with Gasteiger partial charge in [-0.15, -0.1) is 12.4 Å². The summed E-state index contributed by atoms with van der Waals surface area (Å²) in [6.07, 6.45) is 3.39. The van der Waals surface area contributed by atoms with Crippen LogP contribution in [0.15, 0.2) is 24.3 Å². The molecule has 2 fully saturated rings. The molecule has 1 spiro atoms. The van der Waals surface area contributed by atoms with Gasteiger partial charge >= 0.3 is 0 Å². The molecule has 0 aromatic heterocycles. The first-order valence-corrected chi connectivity index (χ1v) is 8.12. The van der Waals surface area contributed by atoms with Gasteiger partial charge in [-0.25, -0.2) is 0 Å². The van der Waals surface area contributed by atoms with E-state index in [4.69, 9.17) is 10.5 Å². The van der Waals surface area contributed by atoms with E-state index in [9.17, 15) is 9.59 Å². The minimum absolute atomic E-state index is 0. The van der Waals surface area contributed by atoms with E-state index < -0.39 is 0 Å². The van der Waals surface area contributed by atoms with Gasteiger partial charge in [-0.3, -0.25) is 9.59 Å². The van der Waals surface area contributed by atoms with Crippen LogP contribution >= 0.6 is 12.4 Å². The van der Waals surface area contributed by atoms with Crippen LogP contribution in [-0.2, 0) is 9.59 Å². The zero-order valence-electron chi connectivity index (χ0n) is 13.5. The highest BCUT2D eigenvalue weighted by molar-refractivity contribution is 5.95.